The first-order chi connectivity index (χ1) is 10.3. The van der Waals surface area contributed by atoms with Crippen molar-refractivity contribution in [3.05, 3.63) is 70.8 Å². The van der Waals surface area contributed by atoms with Crippen molar-refractivity contribution in [3.63, 3.8) is 0 Å². The molecule has 2 aromatic carbocycles. The minimum absolute atomic E-state index is 0.0157. The molecule has 0 radical (unpaired) electrons. The van der Waals surface area contributed by atoms with Crippen LogP contribution in [-0.2, 0) is 22.1 Å². The van der Waals surface area contributed by atoms with E-state index in [9.17, 15) is 13.2 Å². The highest BCUT2D eigenvalue weighted by Gasteiger charge is 2.08. The maximum atomic E-state index is 12.1. The van der Waals surface area contributed by atoms with Gasteiger partial charge in [-0.1, -0.05) is 42.0 Å². The van der Waals surface area contributed by atoms with Crippen molar-refractivity contribution in [3.8, 4) is 0 Å². The van der Waals surface area contributed by atoms with Gasteiger partial charge in [0.1, 0.15) is 0 Å². The van der Waals surface area contributed by atoms with Gasteiger partial charge in [0.05, 0.1) is 5.75 Å². The van der Waals surface area contributed by atoms with E-state index in [0.29, 0.717) is 17.7 Å². The molecule has 0 bridgehead atoms. The van der Waals surface area contributed by atoms with Gasteiger partial charge in [-0.15, -0.1) is 0 Å². The maximum absolute atomic E-state index is 12.1. The molecule has 4 nitrogen and oxygen atoms in total. The van der Waals surface area contributed by atoms with E-state index in [1.807, 2.05) is 31.2 Å². The largest absolute Gasteiger partial charge is 0.348 e. The molecule has 1 amide bonds. The van der Waals surface area contributed by atoms with Gasteiger partial charge in [-0.2, -0.15) is 0 Å². The highest BCUT2D eigenvalue weighted by molar-refractivity contribution is 7.89. The average molecular weight is 317 g/mol. The molecule has 22 heavy (non-hydrogen) atoms. The second-order valence-electron chi connectivity index (χ2n) is 5.44. The van der Waals surface area contributed by atoms with Gasteiger partial charge in [-0.25, -0.2) is 8.42 Å². The van der Waals surface area contributed by atoms with E-state index in [4.69, 9.17) is 0 Å². The number of amides is 1. The zero-order valence-corrected chi connectivity index (χ0v) is 13.5. The first-order valence-corrected chi connectivity index (χ1v) is 9.00. The number of carbonyl (C=O) groups is 1. The van der Waals surface area contributed by atoms with Crippen molar-refractivity contribution in [1.29, 1.82) is 0 Å². The molecular formula is C17H19NO3S. The molecule has 0 aromatic heterocycles. The van der Waals surface area contributed by atoms with Crippen LogP contribution in [0.2, 0.25) is 0 Å². The number of benzene rings is 2. The van der Waals surface area contributed by atoms with Gasteiger partial charge in [0.25, 0.3) is 5.91 Å². The molecule has 5 heteroatoms. The lowest BCUT2D eigenvalue weighted by Crippen LogP contribution is -2.22. The lowest BCUT2D eigenvalue weighted by atomic mass is 10.1. The minimum Gasteiger partial charge on any atom is -0.348 e. The van der Waals surface area contributed by atoms with E-state index in [1.54, 1.807) is 24.3 Å². The Bertz CT molecular complexity index is 765. The summed E-state index contributed by atoms with van der Waals surface area (Å²) in [5.41, 5.74) is 3.39. The lowest BCUT2D eigenvalue weighted by Gasteiger charge is -2.07. The number of hydrogen-bond acceptors (Lipinski definition) is 3. The van der Waals surface area contributed by atoms with Crippen molar-refractivity contribution in [2.75, 3.05) is 6.26 Å². The Morgan fingerprint density at radius 3 is 2.32 bits per heavy atom. The number of sulfone groups is 1. The van der Waals surface area contributed by atoms with Crippen molar-refractivity contribution in [2.24, 2.45) is 0 Å². The van der Waals surface area contributed by atoms with Gasteiger partial charge in [-0.05, 0) is 30.2 Å². The highest BCUT2D eigenvalue weighted by Crippen LogP contribution is 2.09. The molecule has 0 atom stereocenters. The van der Waals surface area contributed by atoms with Gasteiger partial charge in [-0.3, -0.25) is 4.79 Å². The molecule has 0 heterocycles. The fourth-order valence-electron chi connectivity index (χ4n) is 2.16. The summed E-state index contributed by atoms with van der Waals surface area (Å²) < 4.78 is 22.5. The molecule has 0 aliphatic heterocycles. The lowest BCUT2D eigenvalue weighted by molar-refractivity contribution is 0.0951. The van der Waals surface area contributed by atoms with Crippen LogP contribution in [0.4, 0.5) is 0 Å². The number of hydrogen-bond donors (Lipinski definition) is 1. The topological polar surface area (TPSA) is 63.2 Å². The van der Waals surface area contributed by atoms with Gasteiger partial charge in [0, 0.05) is 18.4 Å². The Kier molecular flexibility index (Phi) is 4.98. The summed E-state index contributed by atoms with van der Waals surface area (Å²) in [6, 6.07) is 14.6. The summed E-state index contributed by atoms with van der Waals surface area (Å²) in [6.45, 7) is 2.47. The Morgan fingerprint density at radius 1 is 1.05 bits per heavy atom. The quantitative estimate of drug-likeness (QED) is 0.921. The molecule has 2 aromatic rings. The van der Waals surface area contributed by atoms with Gasteiger partial charge in [0.2, 0.25) is 0 Å². The summed E-state index contributed by atoms with van der Waals surface area (Å²) in [7, 11) is -3.06. The second-order valence-corrected chi connectivity index (χ2v) is 7.58. The first kappa shape index (κ1) is 16.2. The van der Waals surface area contributed by atoms with Gasteiger partial charge >= 0.3 is 0 Å². The predicted octanol–water partition coefficient (Wildman–Crippen LogP) is 2.47. The standard InChI is InChI=1S/C17H19NO3S/c1-13-4-3-5-15(10-13)11-18-17(19)16-8-6-14(7-9-16)12-22(2,20)21/h3-10H,11-12H2,1-2H3,(H,18,19). The Labute approximate surface area is 131 Å². The fraction of sp³-hybridized carbons (Fsp3) is 0.235. The van der Waals surface area contributed by atoms with Crippen LogP contribution >= 0.6 is 0 Å². The van der Waals surface area contributed by atoms with Crippen LogP contribution < -0.4 is 5.32 Å². The average Bonchev–Trinajstić information content (AvgIpc) is 2.44. The van der Waals surface area contributed by atoms with E-state index in [0.717, 1.165) is 11.1 Å². The maximum Gasteiger partial charge on any atom is 0.251 e. The molecule has 0 aliphatic carbocycles. The van der Waals surface area contributed by atoms with Crippen LogP contribution in [-0.4, -0.2) is 20.6 Å². The number of nitrogens with one attached hydrogen (secondary N) is 1. The Balaban J connectivity index is 1.98. The van der Waals surface area contributed by atoms with Crippen molar-refractivity contribution < 1.29 is 13.2 Å². The third-order valence-corrected chi connectivity index (χ3v) is 4.04. The van der Waals surface area contributed by atoms with E-state index in [1.165, 1.54) is 6.26 Å². The van der Waals surface area contributed by atoms with E-state index in [2.05, 4.69) is 5.32 Å². The second kappa shape index (κ2) is 6.75. The molecule has 0 aliphatic rings. The van der Waals surface area contributed by atoms with E-state index >= 15 is 0 Å². The zero-order valence-electron chi connectivity index (χ0n) is 12.7. The van der Waals surface area contributed by atoms with Crippen LogP contribution in [0.15, 0.2) is 48.5 Å². The molecule has 0 saturated carbocycles. The van der Waals surface area contributed by atoms with E-state index < -0.39 is 9.84 Å². The monoisotopic (exact) mass is 317 g/mol. The number of rotatable bonds is 5. The van der Waals surface area contributed by atoms with Crippen LogP contribution in [0, 0.1) is 6.92 Å². The third-order valence-electron chi connectivity index (χ3n) is 3.18. The van der Waals surface area contributed by atoms with Crippen LogP contribution in [0.3, 0.4) is 0 Å². The zero-order chi connectivity index (χ0) is 16.2. The summed E-state index contributed by atoms with van der Waals surface area (Å²) >= 11 is 0. The summed E-state index contributed by atoms with van der Waals surface area (Å²) in [5, 5.41) is 2.85. The molecular weight excluding hydrogens is 298 g/mol. The summed E-state index contributed by atoms with van der Waals surface area (Å²) in [4.78, 5) is 12.1. The van der Waals surface area contributed by atoms with Crippen LogP contribution in [0.25, 0.3) is 0 Å². The Hall–Kier alpha value is -2.14. The Morgan fingerprint density at radius 2 is 1.73 bits per heavy atom. The predicted molar refractivity (Wildman–Crippen MR) is 87.3 cm³/mol. The normalized spacial score (nSPS) is 11.2. The van der Waals surface area contributed by atoms with Crippen LogP contribution in [0.1, 0.15) is 27.0 Å². The molecule has 1 N–H and O–H groups in total. The van der Waals surface area contributed by atoms with Crippen molar-refractivity contribution in [1.82, 2.24) is 5.32 Å². The van der Waals surface area contributed by atoms with Crippen molar-refractivity contribution in [2.45, 2.75) is 19.2 Å². The molecule has 0 spiro atoms. The number of aryl methyl sites for hydroxylation is 1. The van der Waals surface area contributed by atoms with Gasteiger partial charge < -0.3 is 5.32 Å². The first-order valence-electron chi connectivity index (χ1n) is 6.94. The fourth-order valence-corrected chi connectivity index (χ4v) is 2.96. The molecule has 0 saturated heterocycles. The SMILES string of the molecule is Cc1cccc(CNC(=O)c2ccc(CS(C)(=O)=O)cc2)c1. The molecule has 0 fully saturated rings. The van der Waals surface area contributed by atoms with Crippen molar-refractivity contribution >= 4 is 15.7 Å². The molecule has 0 unspecified atom stereocenters. The van der Waals surface area contributed by atoms with E-state index in [-0.39, 0.29) is 11.7 Å². The molecule has 116 valence electrons. The minimum atomic E-state index is -3.06. The number of carbonyl (C=O) groups excluding carboxylic acids is 1. The van der Waals surface area contributed by atoms with Crippen LogP contribution in [0.5, 0.6) is 0 Å². The highest BCUT2D eigenvalue weighted by atomic mass is 32.2. The smallest absolute Gasteiger partial charge is 0.251 e. The summed E-state index contributed by atoms with van der Waals surface area (Å²) in [6.07, 6.45) is 1.19. The molecule has 2 rings (SSSR count). The third kappa shape index (κ3) is 5.00. The van der Waals surface area contributed by atoms with Gasteiger partial charge in [0.15, 0.2) is 9.84 Å². The summed E-state index contributed by atoms with van der Waals surface area (Å²) in [5.74, 6) is -0.189.